The quantitative estimate of drug-likeness (QED) is 0.472. The van der Waals surface area contributed by atoms with Gasteiger partial charge in [0.1, 0.15) is 0 Å². The largest absolute Gasteiger partial charge is 0.491 e. The van der Waals surface area contributed by atoms with Crippen molar-refractivity contribution in [3.8, 4) is 5.75 Å². The Morgan fingerprint density at radius 2 is 2.03 bits per heavy atom. The fourth-order valence-electron chi connectivity index (χ4n) is 5.76. The van der Waals surface area contributed by atoms with Crippen LogP contribution in [0.1, 0.15) is 60.7 Å². The second-order valence-electron chi connectivity index (χ2n) is 10.5. The lowest BCUT2D eigenvalue weighted by Gasteiger charge is -2.40. The lowest BCUT2D eigenvalue weighted by molar-refractivity contribution is 0.162. The van der Waals surface area contributed by atoms with E-state index >= 15 is 0 Å². The first kappa shape index (κ1) is 24.7. The summed E-state index contributed by atoms with van der Waals surface area (Å²) < 4.78 is 21.8. The van der Waals surface area contributed by atoms with Gasteiger partial charge in [0.15, 0.2) is 11.6 Å². The van der Waals surface area contributed by atoms with Crippen molar-refractivity contribution in [2.75, 3.05) is 39.6 Å². The van der Waals surface area contributed by atoms with Crippen LogP contribution in [0.15, 0.2) is 36.8 Å². The van der Waals surface area contributed by atoms with E-state index in [1.165, 1.54) is 35.7 Å². The maximum absolute atomic E-state index is 14.2. The summed E-state index contributed by atoms with van der Waals surface area (Å²) in [7, 11) is 6.18. The molecule has 8 heteroatoms. The standard InChI is InChI=1S/C28H37FN6O/c1-6-36-25-13-24(32-14-23(25)29)19(2)35-17-22-12-20(15-34-10-9-31-27(34)30-3)11-21(16-33(4)5)26(22)28(18-35)7-8-28/h9-14,19H,6-8,15-18H2,1-5H3,(H,30,31)/t19-/m0/s1. The van der Waals surface area contributed by atoms with Crippen molar-refractivity contribution in [1.29, 1.82) is 0 Å². The minimum Gasteiger partial charge on any atom is -0.491 e. The van der Waals surface area contributed by atoms with Crippen molar-refractivity contribution in [3.05, 3.63) is 70.6 Å². The highest BCUT2D eigenvalue weighted by Crippen LogP contribution is 2.55. The number of halogens is 1. The highest BCUT2D eigenvalue weighted by Gasteiger charge is 2.51. The molecular weight excluding hydrogens is 455 g/mol. The van der Waals surface area contributed by atoms with Crippen LogP contribution in [-0.2, 0) is 25.0 Å². The van der Waals surface area contributed by atoms with Gasteiger partial charge in [-0.1, -0.05) is 12.1 Å². The summed E-state index contributed by atoms with van der Waals surface area (Å²) in [5.74, 6) is 0.737. The summed E-state index contributed by atoms with van der Waals surface area (Å²) >= 11 is 0. The minimum absolute atomic E-state index is 0.0564. The predicted molar refractivity (Wildman–Crippen MR) is 140 cm³/mol. The molecule has 0 unspecified atom stereocenters. The number of rotatable bonds is 9. The van der Waals surface area contributed by atoms with E-state index in [9.17, 15) is 4.39 Å². The van der Waals surface area contributed by atoms with Crippen molar-refractivity contribution < 1.29 is 9.13 Å². The van der Waals surface area contributed by atoms with E-state index in [4.69, 9.17) is 4.74 Å². The van der Waals surface area contributed by atoms with Crippen molar-refractivity contribution in [3.63, 3.8) is 0 Å². The predicted octanol–water partition coefficient (Wildman–Crippen LogP) is 4.58. The second-order valence-corrected chi connectivity index (χ2v) is 10.5. The molecule has 0 amide bonds. The molecule has 0 bridgehead atoms. The number of nitrogens with one attached hydrogen (secondary N) is 1. The van der Waals surface area contributed by atoms with Gasteiger partial charge in [-0.3, -0.25) is 9.88 Å². The molecule has 1 spiro atoms. The van der Waals surface area contributed by atoms with Gasteiger partial charge in [0, 0.05) is 56.6 Å². The Morgan fingerprint density at radius 3 is 2.72 bits per heavy atom. The van der Waals surface area contributed by atoms with Gasteiger partial charge in [-0.2, -0.15) is 0 Å². The SMILES string of the molecule is CCOc1cc([C@H](C)N2Cc3cc(Cn4ccnc4NC)cc(CN(C)C)c3C3(CC3)C2)ncc1F. The molecule has 2 aliphatic rings. The van der Waals surface area contributed by atoms with Crippen molar-refractivity contribution in [2.45, 2.75) is 57.8 Å². The molecule has 1 atom stereocenters. The average Bonchev–Trinajstić information content (AvgIpc) is 3.45. The van der Waals surface area contributed by atoms with Crippen LogP contribution in [0, 0.1) is 5.82 Å². The molecule has 7 nitrogen and oxygen atoms in total. The Labute approximate surface area is 213 Å². The Morgan fingerprint density at radius 1 is 1.22 bits per heavy atom. The molecule has 36 heavy (non-hydrogen) atoms. The number of fused-ring (bicyclic) bond motifs is 2. The molecular formula is C28H37FN6O. The van der Waals surface area contributed by atoms with E-state index in [1.54, 1.807) is 11.6 Å². The minimum atomic E-state index is -0.408. The summed E-state index contributed by atoms with van der Waals surface area (Å²) in [4.78, 5) is 13.6. The number of benzene rings is 1. The van der Waals surface area contributed by atoms with Gasteiger partial charge < -0.3 is 19.5 Å². The Hall–Kier alpha value is -2.97. The molecule has 1 N–H and O–H groups in total. The monoisotopic (exact) mass is 492 g/mol. The first-order valence-electron chi connectivity index (χ1n) is 12.8. The van der Waals surface area contributed by atoms with Gasteiger partial charge in [0.2, 0.25) is 5.95 Å². The number of imidazole rings is 1. The average molecular weight is 493 g/mol. The van der Waals surface area contributed by atoms with Gasteiger partial charge in [0.25, 0.3) is 0 Å². The van der Waals surface area contributed by atoms with Gasteiger partial charge in [-0.25, -0.2) is 9.37 Å². The van der Waals surface area contributed by atoms with Gasteiger partial charge in [-0.05, 0) is 63.0 Å². The zero-order valence-electron chi connectivity index (χ0n) is 22.0. The fraction of sp³-hybridized carbons (Fsp3) is 0.500. The van der Waals surface area contributed by atoms with Crippen molar-refractivity contribution in [2.24, 2.45) is 0 Å². The van der Waals surface area contributed by atoms with Crippen molar-refractivity contribution in [1.82, 2.24) is 24.3 Å². The molecule has 1 aliphatic carbocycles. The maximum atomic E-state index is 14.2. The van der Waals surface area contributed by atoms with Crippen LogP contribution in [0.25, 0.3) is 0 Å². The zero-order valence-corrected chi connectivity index (χ0v) is 22.0. The van der Waals surface area contributed by atoms with Gasteiger partial charge in [-0.15, -0.1) is 0 Å². The van der Waals surface area contributed by atoms with E-state index in [-0.39, 0.29) is 17.2 Å². The highest BCUT2D eigenvalue weighted by atomic mass is 19.1. The Bertz CT molecular complexity index is 1230. The first-order valence-corrected chi connectivity index (χ1v) is 12.8. The second kappa shape index (κ2) is 9.82. The zero-order chi connectivity index (χ0) is 25.4. The Kier molecular flexibility index (Phi) is 6.74. The lowest BCUT2D eigenvalue weighted by Crippen LogP contribution is -2.40. The third kappa shape index (κ3) is 4.72. The normalized spacial score (nSPS) is 17.3. The van der Waals surface area contributed by atoms with Crippen molar-refractivity contribution >= 4 is 5.95 Å². The van der Waals surface area contributed by atoms with E-state index in [0.717, 1.165) is 37.8 Å². The summed E-state index contributed by atoms with van der Waals surface area (Å²) in [6.45, 7) is 8.00. The number of ether oxygens (including phenoxy) is 1. The van der Waals surface area contributed by atoms with Crippen LogP contribution in [0.4, 0.5) is 10.3 Å². The molecule has 192 valence electrons. The summed E-state index contributed by atoms with van der Waals surface area (Å²) in [5.41, 5.74) is 6.70. The van der Waals surface area contributed by atoms with E-state index < -0.39 is 5.82 Å². The lowest BCUT2D eigenvalue weighted by atomic mass is 9.81. The third-order valence-corrected chi connectivity index (χ3v) is 7.52. The smallest absolute Gasteiger partial charge is 0.202 e. The Balaban J connectivity index is 1.50. The summed E-state index contributed by atoms with van der Waals surface area (Å²) in [5, 5.41) is 3.18. The number of anilines is 1. The molecule has 1 fully saturated rings. The van der Waals surface area contributed by atoms with Crippen LogP contribution >= 0.6 is 0 Å². The number of hydrogen-bond acceptors (Lipinski definition) is 6. The molecule has 0 saturated heterocycles. The number of hydrogen-bond donors (Lipinski definition) is 1. The van der Waals surface area contributed by atoms with Crippen LogP contribution < -0.4 is 10.1 Å². The van der Waals surface area contributed by atoms with Crippen LogP contribution in [-0.4, -0.2) is 58.6 Å². The van der Waals surface area contributed by atoms with Crippen LogP contribution in [0.3, 0.4) is 0 Å². The van der Waals surface area contributed by atoms with E-state index in [1.807, 2.05) is 26.4 Å². The first-order chi connectivity index (χ1) is 17.3. The highest BCUT2D eigenvalue weighted by molar-refractivity contribution is 5.50. The third-order valence-electron chi connectivity index (χ3n) is 7.52. The number of nitrogens with zero attached hydrogens (tertiary/aromatic N) is 5. The fourth-order valence-corrected chi connectivity index (χ4v) is 5.76. The topological polar surface area (TPSA) is 58.5 Å². The maximum Gasteiger partial charge on any atom is 0.202 e. The van der Waals surface area contributed by atoms with E-state index in [0.29, 0.717) is 6.61 Å². The molecule has 1 aromatic carbocycles. The van der Waals surface area contributed by atoms with Gasteiger partial charge in [0.05, 0.1) is 25.0 Å². The molecule has 1 saturated carbocycles. The summed E-state index contributed by atoms with van der Waals surface area (Å²) in [6.07, 6.45) is 7.55. The van der Waals surface area contributed by atoms with Crippen LogP contribution in [0.2, 0.25) is 0 Å². The molecule has 3 aromatic rings. The number of pyridine rings is 1. The molecule has 2 aromatic heterocycles. The molecule has 1 aliphatic heterocycles. The van der Waals surface area contributed by atoms with Gasteiger partial charge >= 0.3 is 0 Å². The van der Waals surface area contributed by atoms with Crippen LogP contribution in [0.5, 0.6) is 5.75 Å². The molecule has 5 rings (SSSR count). The molecule has 0 radical (unpaired) electrons. The van der Waals surface area contributed by atoms with E-state index in [2.05, 4.69) is 62.8 Å². The number of aromatic nitrogens is 3. The summed E-state index contributed by atoms with van der Waals surface area (Å²) in [6, 6.07) is 6.61. The molecule has 3 heterocycles.